The van der Waals surface area contributed by atoms with E-state index >= 15 is 0 Å². The lowest BCUT2D eigenvalue weighted by molar-refractivity contribution is 0.338. The summed E-state index contributed by atoms with van der Waals surface area (Å²) in [5, 5.41) is 0. The molecule has 0 aliphatic rings. The Bertz CT molecular complexity index is 154. The van der Waals surface area contributed by atoms with Gasteiger partial charge in [-0.25, -0.2) is 0 Å². The molecule has 0 spiro atoms. The number of hydrogen-bond acceptors (Lipinski definition) is 1. The van der Waals surface area contributed by atoms with E-state index in [1.807, 2.05) is 18.2 Å². The summed E-state index contributed by atoms with van der Waals surface area (Å²) in [6.07, 6.45) is 15.4. The molecule has 1 heteroatoms. The van der Waals surface area contributed by atoms with Gasteiger partial charge in [0.15, 0.2) is 0 Å². The summed E-state index contributed by atoms with van der Waals surface area (Å²) in [5.74, 6) is 0. The van der Waals surface area contributed by atoms with Gasteiger partial charge in [-0.1, -0.05) is 44.1 Å². The van der Waals surface area contributed by atoms with Gasteiger partial charge < -0.3 is 4.74 Å². The van der Waals surface area contributed by atoms with E-state index in [-0.39, 0.29) is 0 Å². The van der Waals surface area contributed by atoms with Crippen molar-refractivity contribution in [2.75, 3.05) is 7.11 Å². The Morgan fingerprint density at radius 3 is 2.50 bits per heavy atom. The Labute approximate surface area is 75.4 Å². The summed E-state index contributed by atoms with van der Waals surface area (Å²) in [5.41, 5.74) is 0. The average molecular weight is 166 g/mol. The second-order valence-electron chi connectivity index (χ2n) is 2.52. The minimum atomic E-state index is 1.18. The standard InChI is InChI=1S/C11H18O/c1-3-4-5-6-7-8-9-10-11-12-2/h6-11H,3-5H2,1-2H3/b7-6+,9-8+,11-10+. The van der Waals surface area contributed by atoms with Crippen LogP contribution in [0.25, 0.3) is 0 Å². The summed E-state index contributed by atoms with van der Waals surface area (Å²) >= 11 is 0. The van der Waals surface area contributed by atoms with E-state index in [2.05, 4.69) is 19.1 Å². The van der Waals surface area contributed by atoms with Crippen LogP contribution in [0.4, 0.5) is 0 Å². The van der Waals surface area contributed by atoms with Gasteiger partial charge in [0.25, 0.3) is 0 Å². The van der Waals surface area contributed by atoms with Crippen molar-refractivity contribution in [1.82, 2.24) is 0 Å². The second kappa shape index (κ2) is 10.0. The molecule has 0 amide bonds. The van der Waals surface area contributed by atoms with E-state index in [1.165, 1.54) is 19.3 Å². The van der Waals surface area contributed by atoms with Crippen molar-refractivity contribution >= 4 is 0 Å². The molecule has 0 aromatic carbocycles. The largest absolute Gasteiger partial charge is 0.504 e. The fraction of sp³-hybridized carbons (Fsp3) is 0.455. The fourth-order valence-electron chi connectivity index (χ4n) is 0.749. The van der Waals surface area contributed by atoms with Crippen LogP contribution in [0.3, 0.4) is 0 Å². The highest BCUT2D eigenvalue weighted by Crippen LogP contribution is 1.94. The van der Waals surface area contributed by atoms with Crippen molar-refractivity contribution in [3.63, 3.8) is 0 Å². The zero-order chi connectivity index (χ0) is 9.07. The molecule has 0 saturated carbocycles. The molecule has 68 valence electrons. The van der Waals surface area contributed by atoms with Crippen molar-refractivity contribution in [3.05, 3.63) is 36.6 Å². The SMILES string of the molecule is CCCC/C=C/C=C/C=C/OC. The van der Waals surface area contributed by atoms with Crippen LogP contribution in [0, 0.1) is 0 Å². The number of unbranched alkanes of at least 4 members (excludes halogenated alkanes) is 2. The molecule has 1 nitrogen and oxygen atoms in total. The van der Waals surface area contributed by atoms with E-state index in [0.717, 1.165) is 0 Å². The van der Waals surface area contributed by atoms with Crippen LogP contribution in [-0.2, 0) is 4.74 Å². The van der Waals surface area contributed by atoms with Gasteiger partial charge in [0, 0.05) is 0 Å². The summed E-state index contributed by atoms with van der Waals surface area (Å²) in [4.78, 5) is 0. The maximum Gasteiger partial charge on any atom is 0.0824 e. The fourth-order valence-corrected chi connectivity index (χ4v) is 0.749. The van der Waals surface area contributed by atoms with Gasteiger partial charge in [-0.15, -0.1) is 0 Å². The average Bonchev–Trinajstić information content (AvgIpc) is 2.10. The Kier molecular flexibility index (Phi) is 9.20. The second-order valence-corrected chi connectivity index (χ2v) is 2.52. The highest BCUT2D eigenvalue weighted by molar-refractivity contribution is 5.09. The minimum Gasteiger partial charge on any atom is -0.504 e. The third-order valence-corrected chi connectivity index (χ3v) is 1.41. The van der Waals surface area contributed by atoms with Gasteiger partial charge in [0.2, 0.25) is 0 Å². The molecule has 0 unspecified atom stereocenters. The monoisotopic (exact) mass is 166 g/mol. The van der Waals surface area contributed by atoms with E-state index in [4.69, 9.17) is 4.74 Å². The molecule has 0 atom stereocenters. The van der Waals surface area contributed by atoms with Gasteiger partial charge in [-0.2, -0.15) is 0 Å². The van der Waals surface area contributed by atoms with Gasteiger partial charge >= 0.3 is 0 Å². The van der Waals surface area contributed by atoms with Gasteiger partial charge in [0.05, 0.1) is 13.4 Å². The molecule has 12 heavy (non-hydrogen) atoms. The molecular weight excluding hydrogens is 148 g/mol. The molecular formula is C11H18O. The zero-order valence-corrected chi connectivity index (χ0v) is 7.99. The van der Waals surface area contributed by atoms with E-state index in [9.17, 15) is 0 Å². The first-order valence-electron chi connectivity index (χ1n) is 4.43. The molecule has 0 N–H and O–H groups in total. The number of ether oxygens (including phenoxy) is 1. The summed E-state index contributed by atoms with van der Waals surface area (Å²) in [7, 11) is 1.64. The van der Waals surface area contributed by atoms with Crippen LogP contribution in [-0.4, -0.2) is 7.11 Å². The lowest BCUT2D eigenvalue weighted by Crippen LogP contribution is -1.65. The summed E-state index contributed by atoms with van der Waals surface area (Å²) in [6, 6.07) is 0. The normalized spacial score (nSPS) is 12.2. The van der Waals surface area contributed by atoms with E-state index in [0.29, 0.717) is 0 Å². The van der Waals surface area contributed by atoms with Crippen molar-refractivity contribution < 1.29 is 4.74 Å². The molecule has 0 aliphatic carbocycles. The molecule has 0 saturated heterocycles. The van der Waals surface area contributed by atoms with Gasteiger partial charge in [-0.3, -0.25) is 0 Å². The minimum absolute atomic E-state index is 1.18. The predicted molar refractivity (Wildman–Crippen MR) is 54.0 cm³/mol. The summed E-state index contributed by atoms with van der Waals surface area (Å²) < 4.78 is 4.73. The lowest BCUT2D eigenvalue weighted by atomic mass is 10.2. The van der Waals surface area contributed by atoms with Gasteiger partial charge in [0.1, 0.15) is 0 Å². The molecule has 0 radical (unpaired) electrons. The number of hydrogen-bond donors (Lipinski definition) is 0. The van der Waals surface area contributed by atoms with Crippen molar-refractivity contribution in [2.24, 2.45) is 0 Å². The van der Waals surface area contributed by atoms with Crippen LogP contribution in [0.15, 0.2) is 36.6 Å². The van der Waals surface area contributed by atoms with Crippen molar-refractivity contribution in [3.8, 4) is 0 Å². The Morgan fingerprint density at radius 1 is 1.08 bits per heavy atom. The maximum absolute atomic E-state index is 4.73. The Balaban J connectivity index is 3.32. The van der Waals surface area contributed by atoms with Crippen LogP contribution in [0.5, 0.6) is 0 Å². The Morgan fingerprint density at radius 2 is 1.83 bits per heavy atom. The lowest BCUT2D eigenvalue weighted by Gasteiger charge is -1.85. The molecule has 0 fully saturated rings. The number of allylic oxidation sites excluding steroid dienone is 5. The van der Waals surface area contributed by atoms with E-state index in [1.54, 1.807) is 13.4 Å². The zero-order valence-electron chi connectivity index (χ0n) is 7.99. The van der Waals surface area contributed by atoms with Crippen LogP contribution in [0.1, 0.15) is 26.2 Å². The highest BCUT2D eigenvalue weighted by atomic mass is 16.5. The summed E-state index contributed by atoms with van der Waals surface area (Å²) in [6.45, 7) is 2.20. The highest BCUT2D eigenvalue weighted by Gasteiger charge is 1.74. The molecule has 0 heterocycles. The molecule has 0 aromatic rings. The van der Waals surface area contributed by atoms with Crippen molar-refractivity contribution in [1.29, 1.82) is 0 Å². The number of rotatable bonds is 6. The molecule has 0 bridgehead atoms. The first-order valence-corrected chi connectivity index (χ1v) is 4.43. The first kappa shape index (κ1) is 11.0. The van der Waals surface area contributed by atoms with Crippen molar-refractivity contribution in [2.45, 2.75) is 26.2 Å². The Hall–Kier alpha value is -0.980. The first-order chi connectivity index (χ1) is 5.91. The predicted octanol–water partition coefficient (Wildman–Crippen LogP) is 3.45. The maximum atomic E-state index is 4.73. The van der Waals surface area contributed by atoms with E-state index < -0.39 is 0 Å². The molecule has 0 aliphatic heterocycles. The van der Waals surface area contributed by atoms with Crippen LogP contribution >= 0.6 is 0 Å². The quantitative estimate of drug-likeness (QED) is 0.333. The third-order valence-electron chi connectivity index (χ3n) is 1.41. The smallest absolute Gasteiger partial charge is 0.0824 e. The topological polar surface area (TPSA) is 9.23 Å². The molecule has 0 rings (SSSR count). The van der Waals surface area contributed by atoms with Crippen LogP contribution in [0.2, 0.25) is 0 Å². The molecule has 0 aromatic heterocycles. The third kappa shape index (κ3) is 9.02. The number of methoxy groups -OCH3 is 1. The van der Waals surface area contributed by atoms with Crippen LogP contribution < -0.4 is 0 Å². The van der Waals surface area contributed by atoms with Gasteiger partial charge in [-0.05, 0) is 12.5 Å².